The second-order valence-electron chi connectivity index (χ2n) is 3.18. The molecule has 0 aliphatic rings. The van der Waals surface area contributed by atoms with Gasteiger partial charge in [0.15, 0.2) is 0 Å². The van der Waals surface area contributed by atoms with Crippen LogP contribution in [0.2, 0.25) is 0 Å². The summed E-state index contributed by atoms with van der Waals surface area (Å²) in [6.07, 6.45) is 1.81. The summed E-state index contributed by atoms with van der Waals surface area (Å²) in [6.45, 7) is 13.0. The molecule has 2 heteroatoms. The summed E-state index contributed by atoms with van der Waals surface area (Å²) in [6, 6.07) is 1.88. The molecule has 62 valence electrons. The minimum atomic E-state index is 0.328. The first kappa shape index (κ1) is 8.73. The second-order valence-corrected chi connectivity index (χ2v) is 3.18. The van der Waals surface area contributed by atoms with Gasteiger partial charge in [0.1, 0.15) is 0 Å². The number of nitrogens with zero attached hydrogens (tertiary/aromatic N) is 2. The average Bonchev–Trinajstić information content (AvgIpc) is 2.03. The number of hydrogen-bond acceptors (Lipinski definition) is 1. The third kappa shape index (κ3) is 1.62. The fraction of sp³-hybridized carbons (Fsp3) is 0.400. The van der Waals surface area contributed by atoms with Crippen molar-refractivity contribution in [3.63, 3.8) is 0 Å². The second kappa shape index (κ2) is 3.36. The van der Waals surface area contributed by atoms with Gasteiger partial charge < -0.3 is 0 Å². The van der Waals surface area contributed by atoms with Crippen LogP contribution in [-0.2, 0) is 0 Å². The Morgan fingerprint density at radius 2 is 2.17 bits per heavy atom. The van der Waals surface area contributed by atoms with Gasteiger partial charge >= 0.3 is 0 Å². The molecule has 2 nitrogen and oxygen atoms in total. The molecule has 0 saturated carbocycles. The Labute approximate surface area is 73.1 Å². The molecule has 0 unspecified atom stereocenters. The predicted octanol–water partition coefficient (Wildman–Crippen LogP) is 3.06. The Hall–Kier alpha value is -1.36. The molecule has 0 spiro atoms. The largest absolute Gasteiger partial charge is 0.272 e. The van der Waals surface area contributed by atoms with Crippen molar-refractivity contribution in [2.24, 2.45) is 0 Å². The van der Waals surface area contributed by atoms with E-state index in [0.29, 0.717) is 11.6 Å². The first-order valence-corrected chi connectivity index (χ1v) is 3.99. The molecule has 0 aliphatic carbocycles. The number of aromatic nitrogens is 1. The van der Waals surface area contributed by atoms with E-state index in [4.69, 9.17) is 6.57 Å². The fourth-order valence-electron chi connectivity index (χ4n) is 1.10. The molecule has 1 aromatic heterocycles. The van der Waals surface area contributed by atoms with Crippen LogP contribution in [0, 0.1) is 13.5 Å². The molecule has 0 N–H and O–H groups in total. The van der Waals surface area contributed by atoms with E-state index in [9.17, 15) is 0 Å². The molecule has 1 heterocycles. The Bertz CT molecular complexity index is 321. The lowest BCUT2D eigenvalue weighted by atomic mass is 10.1. The van der Waals surface area contributed by atoms with Crippen molar-refractivity contribution in [3.05, 3.63) is 34.9 Å². The molecular weight excluding hydrogens is 148 g/mol. The van der Waals surface area contributed by atoms with E-state index < -0.39 is 0 Å². The lowest BCUT2D eigenvalue weighted by Gasteiger charge is -2.06. The fourth-order valence-corrected chi connectivity index (χ4v) is 1.10. The Kier molecular flexibility index (Phi) is 2.44. The minimum Gasteiger partial charge on any atom is -0.272 e. The highest BCUT2D eigenvalue weighted by atomic mass is 14.8. The van der Waals surface area contributed by atoms with Crippen LogP contribution in [0.25, 0.3) is 4.85 Å². The summed E-state index contributed by atoms with van der Waals surface area (Å²) < 4.78 is 0. The van der Waals surface area contributed by atoms with Crippen LogP contribution in [0.4, 0.5) is 5.69 Å². The van der Waals surface area contributed by atoms with Gasteiger partial charge in [-0.15, -0.1) is 0 Å². The molecule has 0 aromatic carbocycles. The predicted molar refractivity (Wildman–Crippen MR) is 49.3 cm³/mol. The van der Waals surface area contributed by atoms with E-state index in [1.807, 2.05) is 33.0 Å². The highest BCUT2D eigenvalue weighted by Crippen LogP contribution is 2.24. The van der Waals surface area contributed by atoms with Crippen LogP contribution >= 0.6 is 0 Å². The topological polar surface area (TPSA) is 17.2 Å². The minimum absolute atomic E-state index is 0.328. The monoisotopic (exact) mass is 160 g/mol. The van der Waals surface area contributed by atoms with Crippen molar-refractivity contribution in [1.82, 2.24) is 4.98 Å². The van der Waals surface area contributed by atoms with E-state index in [2.05, 4.69) is 9.83 Å². The van der Waals surface area contributed by atoms with E-state index in [1.165, 1.54) is 0 Å². The molecule has 1 aromatic rings. The molecule has 12 heavy (non-hydrogen) atoms. The van der Waals surface area contributed by atoms with Gasteiger partial charge in [0.25, 0.3) is 0 Å². The maximum Gasteiger partial charge on any atom is 0.208 e. The Morgan fingerprint density at radius 1 is 1.50 bits per heavy atom. The zero-order valence-corrected chi connectivity index (χ0v) is 7.63. The van der Waals surface area contributed by atoms with Crippen molar-refractivity contribution < 1.29 is 0 Å². The smallest absolute Gasteiger partial charge is 0.208 e. The SMILES string of the molecule is [C-]#[N+]c1cc(C)cnc1C(C)C. The molecule has 0 amide bonds. The maximum absolute atomic E-state index is 6.96. The van der Waals surface area contributed by atoms with E-state index in [0.717, 1.165) is 11.3 Å². The van der Waals surface area contributed by atoms with Gasteiger partial charge in [0.05, 0.1) is 6.57 Å². The maximum atomic E-state index is 6.96. The third-order valence-corrected chi connectivity index (χ3v) is 1.70. The number of hydrogen-bond donors (Lipinski definition) is 0. The van der Waals surface area contributed by atoms with Crippen molar-refractivity contribution >= 4 is 5.69 Å². The summed E-state index contributed by atoms with van der Waals surface area (Å²) in [5.74, 6) is 0.328. The van der Waals surface area contributed by atoms with Crippen LogP contribution in [0.15, 0.2) is 12.3 Å². The van der Waals surface area contributed by atoms with E-state index >= 15 is 0 Å². The summed E-state index contributed by atoms with van der Waals surface area (Å²) in [5, 5.41) is 0. The first-order valence-electron chi connectivity index (χ1n) is 3.99. The van der Waals surface area contributed by atoms with Crippen molar-refractivity contribution in [3.8, 4) is 0 Å². The molecule has 0 bridgehead atoms. The lowest BCUT2D eigenvalue weighted by molar-refractivity contribution is 0.826. The summed E-state index contributed by atoms with van der Waals surface area (Å²) in [5.41, 5.74) is 2.63. The van der Waals surface area contributed by atoms with Crippen molar-refractivity contribution in [1.29, 1.82) is 0 Å². The summed E-state index contributed by atoms with van der Waals surface area (Å²) in [4.78, 5) is 7.67. The Balaban J connectivity index is 3.23. The van der Waals surface area contributed by atoms with Crippen LogP contribution in [0.1, 0.15) is 31.0 Å². The molecule has 0 fully saturated rings. The van der Waals surface area contributed by atoms with Crippen molar-refractivity contribution in [2.75, 3.05) is 0 Å². The van der Waals surface area contributed by atoms with E-state index in [1.54, 1.807) is 0 Å². The van der Waals surface area contributed by atoms with Crippen LogP contribution in [0.3, 0.4) is 0 Å². The Morgan fingerprint density at radius 3 is 2.67 bits per heavy atom. The standard InChI is InChI=1S/C10H12N2/c1-7(2)10-9(11-4)5-8(3)6-12-10/h5-7H,1-3H3. The highest BCUT2D eigenvalue weighted by molar-refractivity contribution is 5.51. The molecular formula is C10H12N2. The van der Waals surface area contributed by atoms with Gasteiger partial charge in [-0.05, 0) is 18.4 Å². The van der Waals surface area contributed by atoms with Gasteiger partial charge in [-0.1, -0.05) is 19.9 Å². The highest BCUT2D eigenvalue weighted by Gasteiger charge is 2.07. The summed E-state index contributed by atoms with van der Waals surface area (Å²) >= 11 is 0. The quantitative estimate of drug-likeness (QED) is 0.577. The zero-order chi connectivity index (χ0) is 9.14. The number of rotatable bonds is 1. The lowest BCUT2D eigenvalue weighted by Crippen LogP contribution is -1.92. The molecule has 0 radical (unpaired) electrons. The summed E-state index contributed by atoms with van der Waals surface area (Å²) in [7, 11) is 0. The molecule has 1 rings (SSSR count). The number of aryl methyl sites for hydroxylation is 1. The number of pyridine rings is 1. The zero-order valence-electron chi connectivity index (χ0n) is 7.63. The third-order valence-electron chi connectivity index (χ3n) is 1.70. The van der Waals surface area contributed by atoms with Gasteiger partial charge in [-0.2, -0.15) is 0 Å². The van der Waals surface area contributed by atoms with Crippen LogP contribution in [-0.4, -0.2) is 4.98 Å². The van der Waals surface area contributed by atoms with Gasteiger partial charge in [-0.3, -0.25) is 4.98 Å². The average molecular weight is 160 g/mol. The van der Waals surface area contributed by atoms with Crippen molar-refractivity contribution in [2.45, 2.75) is 26.7 Å². The molecule has 0 atom stereocenters. The molecule has 0 saturated heterocycles. The van der Waals surface area contributed by atoms with Gasteiger partial charge in [-0.25, -0.2) is 4.85 Å². The normalized spacial score (nSPS) is 9.92. The molecule has 0 aliphatic heterocycles. The van der Waals surface area contributed by atoms with Gasteiger partial charge in [0, 0.05) is 11.9 Å². The van der Waals surface area contributed by atoms with Gasteiger partial charge in [0.2, 0.25) is 5.69 Å². The first-order chi connectivity index (χ1) is 5.65. The van der Waals surface area contributed by atoms with Crippen LogP contribution < -0.4 is 0 Å². The van der Waals surface area contributed by atoms with Crippen LogP contribution in [0.5, 0.6) is 0 Å². The van der Waals surface area contributed by atoms with E-state index in [-0.39, 0.29) is 0 Å².